The molecule has 2 heterocycles. The summed E-state index contributed by atoms with van der Waals surface area (Å²) in [5.41, 5.74) is 2.26. The van der Waals surface area contributed by atoms with Crippen LogP contribution in [0.5, 0.6) is 0 Å². The molecule has 0 aliphatic carbocycles. The molecule has 0 saturated heterocycles. The molecule has 1 aromatic carbocycles. The molecule has 2 aromatic heterocycles. The highest BCUT2D eigenvalue weighted by molar-refractivity contribution is 6.29. The Hall–Kier alpha value is -2.67. The summed E-state index contributed by atoms with van der Waals surface area (Å²) in [7, 11) is 0. The molecule has 1 amide bonds. The van der Waals surface area contributed by atoms with Crippen molar-refractivity contribution in [1.29, 1.82) is 0 Å². The van der Waals surface area contributed by atoms with Gasteiger partial charge in [-0.3, -0.25) is 10.1 Å². The van der Waals surface area contributed by atoms with E-state index in [2.05, 4.69) is 20.6 Å². The number of carbonyl (C=O) groups is 1. The van der Waals surface area contributed by atoms with Gasteiger partial charge < -0.3 is 4.52 Å². The predicted molar refractivity (Wildman–Crippen MR) is 89.3 cm³/mol. The summed E-state index contributed by atoms with van der Waals surface area (Å²) in [4.78, 5) is 16.5. The van der Waals surface area contributed by atoms with Crippen LogP contribution in [-0.4, -0.2) is 25.8 Å². The number of hydrogen-bond acceptors (Lipinski definition) is 5. The number of aromatic nitrogens is 4. The number of para-hydroxylation sites is 1. The van der Waals surface area contributed by atoms with E-state index in [1.54, 1.807) is 18.5 Å². The maximum Gasteiger partial charge on any atom is 0.233 e. The molecule has 0 aliphatic rings. The Morgan fingerprint density at radius 1 is 1.29 bits per heavy atom. The first-order valence-electron chi connectivity index (χ1n) is 7.44. The zero-order valence-electron chi connectivity index (χ0n) is 13.3. The van der Waals surface area contributed by atoms with Crippen molar-refractivity contribution in [2.75, 3.05) is 5.32 Å². The molecule has 8 heteroatoms. The van der Waals surface area contributed by atoms with Gasteiger partial charge in [-0.15, -0.1) is 5.10 Å². The van der Waals surface area contributed by atoms with Crippen molar-refractivity contribution in [3.63, 3.8) is 0 Å². The van der Waals surface area contributed by atoms with Crippen molar-refractivity contribution in [2.24, 2.45) is 0 Å². The van der Waals surface area contributed by atoms with E-state index >= 15 is 0 Å². The summed E-state index contributed by atoms with van der Waals surface area (Å²) in [5, 5.41) is 11.1. The van der Waals surface area contributed by atoms with Crippen LogP contribution in [0.4, 0.5) is 5.95 Å². The molecule has 3 rings (SSSR count). The van der Waals surface area contributed by atoms with Crippen molar-refractivity contribution in [2.45, 2.75) is 26.7 Å². The van der Waals surface area contributed by atoms with Gasteiger partial charge in [-0.1, -0.05) is 23.4 Å². The fourth-order valence-corrected chi connectivity index (χ4v) is 2.58. The molecule has 1 N–H and O–H groups in total. The second-order valence-corrected chi connectivity index (χ2v) is 5.64. The Labute approximate surface area is 143 Å². The minimum atomic E-state index is -0.184. The molecule has 0 saturated carbocycles. The highest BCUT2D eigenvalue weighted by atomic mass is 35.5. The predicted octanol–water partition coefficient (Wildman–Crippen LogP) is 3.10. The number of aryl methyl sites for hydroxylation is 2. The summed E-state index contributed by atoms with van der Waals surface area (Å²) < 4.78 is 6.49. The molecule has 24 heavy (non-hydrogen) atoms. The Kier molecular flexibility index (Phi) is 4.61. The minimum absolute atomic E-state index is 0.184. The highest BCUT2D eigenvalue weighted by Crippen LogP contribution is 2.21. The number of amides is 1. The molecule has 0 fully saturated rings. The lowest BCUT2D eigenvalue weighted by Gasteiger charge is -2.07. The zero-order chi connectivity index (χ0) is 17.1. The van der Waals surface area contributed by atoms with Crippen molar-refractivity contribution in [3.05, 3.63) is 52.6 Å². The lowest BCUT2D eigenvalue weighted by molar-refractivity contribution is -0.116. The lowest BCUT2D eigenvalue weighted by atomic mass is 10.1. The third-order valence-electron chi connectivity index (χ3n) is 3.50. The first kappa shape index (κ1) is 16.2. The van der Waals surface area contributed by atoms with Gasteiger partial charge in [-0.25, -0.2) is 0 Å². The number of benzene rings is 1. The molecule has 0 bridgehead atoms. The van der Waals surface area contributed by atoms with Crippen molar-refractivity contribution in [3.8, 4) is 5.69 Å². The molecular weight excluding hydrogens is 330 g/mol. The van der Waals surface area contributed by atoms with Crippen LogP contribution in [0.1, 0.15) is 23.5 Å². The summed E-state index contributed by atoms with van der Waals surface area (Å²) in [6.45, 7) is 3.56. The van der Waals surface area contributed by atoms with Gasteiger partial charge in [0.2, 0.25) is 17.1 Å². The fourth-order valence-electron chi connectivity index (χ4n) is 2.31. The monoisotopic (exact) mass is 345 g/mol. The normalized spacial score (nSPS) is 10.8. The van der Waals surface area contributed by atoms with E-state index in [-0.39, 0.29) is 17.5 Å². The standard InChI is InChI=1S/C16H16ClN5O2/c1-10-13(15(17)24-21-10)8-9-14(23)19-16-18-11(2)20-22(16)12-6-4-3-5-7-12/h3-7H,8-9H2,1-2H3,(H,18,19,20,23). The molecule has 0 radical (unpaired) electrons. The smallest absolute Gasteiger partial charge is 0.233 e. The number of nitrogens with zero attached hydrogens (tertiary/aromatic N) is 4. The van der Waals surface area contributed by atoms with Gasteiger partial charge >= 0.3 is 0 Å². The average molecular weight is 346 g/mol. The number of rotatable bonds is 5. The minimum Gasteiger partial charge on any atom is -0.344 e. The first-order valence-corrected chi connectivity index (χ1v) is 7.82. The van der Waals surface area contributed by atoms with E-state index < -0.39 is 0 Å². The molecule has 3 aromatic rings. The van der Waals surface area contributed by atoms with Crippen molar-refractivity contribution >= 4 is 23.5 Å². The van der Waals surface area contributed by atoms with Crippen LogP contribution in [-0.2, 0) is 11.2 Å². The molecule has 0 unspecified atom stereocenters. The quantitative estimate of drug-likeness (QED) is 0.767. The second-order valence-electron chi connectivity index (χ2n) is 5.30. The van der Waals surface area contributed by atoms with E-state index in [9.17, 15) is 4.79 Å². The van der Waals surface area contributed by atoms with Crippen LogP contribution in [0.15, 0.2) is 34.9 Å². The van der Waals surface area contributed by atoms with E-state index in [1.165, 1.54) is 0 Å². The van der Waals surface area contributed by atoms with Crippen molar-refractivity contribution < 1.29 is 9.32 Å². The van der Waals surface area contributed by atoms with E-state index in [0.717, 1.165) is 11.3 Å². The van der Waals surface area contributed by atoms with Gasteiger partial charge in [-0.05, 0) is 44.0 Å². The molecule has 0 atom stereocenters. The number of anilines is 1. The summed E-state index contributed by atoms with van der Waals surface area (Å²) >= 11 is 5.91. The van der Waals surface area contributed by atoms with Gasteiger partial charge in [0.15, 0.2) is 0 Å². The van der Waals surface area contributed by atoms with Crippen LogP contribution >= 0.6 is 11.6 Å². The fraction of sp³-hybridized carbons (Fsp3) is 0.250. The highest BCUT2D eigenvalue weighted by Gasteiger charge is 2.15. The van der Waals surface area contributed by atoms with E-state index in [0.29, 0.717) is 23.9 Å². The Morgan fingerprint density at radius 3 is 2.71 bits per heavy atom. The van der Waals surface area contributed by atoms with Gasteiger partial charge in [0.25, 0.3) is 0 Å². The third kappa shape index (κ3) is 3.46. The average Bonchev–Trinajstić information content (AvgIpc) is 3.09. The maximum absolute atomic E-state index is 12.2. The number of nitrogens with one attached hydrogen (secondary N) is 1. The summed E-state index contributed by atoms with van der Waals surface area (Å²) in [6, 6.07) is 9.49. The topological polar surface area (TPSA) is 85.8 Å². The van der Waals surface area contributed by atoms with E-state index in [4.69, 9.17) is 16.1 Å². The summed E-state index contributed by atoms with van der Waals surface area (Å²) in [6.07, 6.45) is 0.681. The van der Waals surface area contributed by atoms with Gasteiger partial charge in [0.1, 0.15) is 5.82 Å². The van der Waals surface area contributed by atoms with Crippen LogP contribution in [0.2, 0.25) is 5.22 Å². The first-order chi connectivity index (χ1) is 11.5. The number of halogens is 1. The molecule has 7 nitrogen and oxygen atoms in total. The Balaban J connectivity index is 1.71. The second kappa shape index (κ2) is 6.84. The maximum atomic E-state index is 12.2. The zero-order valence-corrected chi connectivity index (χ0v) is 14.0. The van der Waals surface area contributed by atoms with Crippen LogP contribution in [0.3, 0.4) is 0 Å². The molecule has 124 valence electrons. The van der Waals surface area contributed by atoms with Gasteiger partial charge in [0.05, 0.1) is 11.4 Å². The Bertz CT molecular complexity index is 837. The van der Waals surface area contributed by atoms with Crippen LogP contribution in [0, 0.1) is 13.8 Å². The number of carbonyl (C=O) groups excluding carboxylic acids is 1. The Morgan fingerprint density at radius 2 is 2.04 bits per heavy atom. The van der Waals surface area contributed by atoms with E-state index in [1.807, 2.05) is 30.3 Å². The number of hydrogen-bond donors (Lipinski definition) is 1. The SMILES string of the molecule is Cc1nc(NC(=O)CCc2c(C)noc2Cl)n(-c2ccccc2)n1. The van der Waals surface area contributed by atoms with Crippen molar-refractivity contribution in [1.82, 2.24) is 19.9 Å². The van der Waals surface area contributed by atoms with Gasteiger partial charge in [0, 0.05) is 12.0 Å². The van der Waals surface area contributed by atoms with Crippen LogP contribution < -0.4 is 5.32 Å². The molecular formula is C16H16ClN5O2. The third-order valence-corrected chi connectivity index (χ3v) is 3.80. The largest absolute Gasteiger partial charge is 0.344 e. The lowest BCUT2D eigenvalue weighted by Crippen LogP contribution is -2.16. The van der Waals surface area contributed by atoms with Crippen LogP contribution in [0.25, 0.3) is 5.69 Å². The van der Waals surface area contributed by atoms with Gasteiger partial charge in [-0.2, -0.15) is 9.67 Å². The summed E-state index contributed by atoms with van der Waals surface area (Å²) in [5.74, 6) is 0.778. The molecule has 0 spiro atoms. The molecule has 0 aliphatic heterocycles.